The summed E-state index contributed by atoms with van der Waals surface area (Å²) >= 11 is 8.02. The molecule has 0 aromatic carbocycles. The lowest BCUT2D eigenvalue weighted by atomic mass is 10.7. The first kappa shape index (κ1) is 12.1. The fourth-order valence-electron chi connectivity index (χ4n) is 0.146. The van der Waals surface area contributed by atoms with Crippen molar-refractivity contribution < 1.29 is 22.5 Å². The third-order valence-electron chi connectivity index (χ3n) is 0.418. The fraction of sp³-hybridized carbons (Fsp3) is 0.500. The summed E-state index contributed by atoms with van der Waals surface area (Å²) in [5, 5.41) is 0. The molecule has 0 rings (SSSR count). The van der Waals surface area contributed by atoms with Crippen LogP contribution in [-0.2, 0) is 9.32 Å². The lowest BCUT2D eigenvalue weighted by Gasteiger charge is -2.04. The average Bonchev–Trinajstić information content (AvgIpc) is 1.56. The molecule has 0 aliphatic carbocycles. The van der Waals surface area contributed by atoms with Crippen LogP contribution in [0.5, 0.6) is 0 Å². The minimum Gasteiger partial charge on any atom is -0.268 e. The van der Waals surface area contributed by atoms with Crippen LogP contribution in [0, 0.1) is 0 Å². The molecule has 2 nitrogen and oxygen atoms in total. The molecule has 0 saturated carbocycles. The zero-order valence-corrected chi connectivity index (χ0v) is 10.2. The van der Waals surface area contributed by atoms with E-state index in [-0.39, 0.29) is 0 Å². The second-order valence-corrected chi connectivity index (χ2v) is 19.8. The van der Waals surface area contributed by atoms with Gasteiger partial charge in [-0.25, -0.2) is 4.79 Å². The molecule has 0 bridgehead atoms. The zero-order chi connectivity index (χ0) is 9.28. The first-order chi connectivity index (χ1) is 4.63. The first-order valence-electron chi connectivity index (χ1n) is 1.91. The highest BCUT2D eigenvalue weighted by atomic mass is 80.0. The zero-order valence-electron chi connectivity index (χ0n) is 4.53. The van der Waals surface area contributed by atoms with Gasteiger partial charge in [-0.2, -0.15) is 13.2 Å². The molecule has 0 atom stereocenters. The Morgan fingerprint density at radius 2 is 1.64 bits per heavy atom. The quantitative estimate of drug-likeness (QED) is 0.641. The van der Waals surface area contributed by atoms with Crippen molar-refractivity contribution in [2.24, 2.45) is 0 Å². The molecule has 0 aromatic heterocycles. The Kier molecular flexibility index (Phi) is 4.29. The summed E-state index contributed by atoms with van der Waals surface area (Å²) < 4.78 is 35.6. The van der Waals surface area contributed by atoms with E-state index in [2.05, 4.69) is 51.0 Å². The molecular formula is C2Br3F3O2P+. The van der Waals surface area contributed by atoms with Crippen molar-refractivity contribution in [2.45, 2.75) is 6.18 Å². The molecule has 0 N–H and O–H groups in total. The van der Waals surface area contributed by atoms with Gasteiger partial charge < -0.3 is 0 Å². The van der Waals surface area contributed by atoms with Gasteiger partial charge >= 0.3 is 15.7 Å². The van der Waals surface area contributed by atoms with Crippen LogP contribution in [-0.4, -0.2) is 12.1 Å². The smallest absolute Gasteiger partial charge is 0.268 e. The molecule has 0 heterocycles. The van der Waals surface area contributed by atoms with E-state index in [0.29, 0.717) is 0 Å². The Morgan fingerprint density at radius 1 is 1.27 bits per heavy atom. The highest BCUT2D eigenvalue weighted by Gasteiger charge is 2.49. The standard InChI is InChI=1S/C2Br3F3O2P/c3-11(4,5)10-1(9)2(6,7)8/q+1. The monoisotopic (exact) mass is 381 g/mol. The van der Waals surface area contributed by atoms with Gasteiger partial charge in [-0.05, 0) is 0 Å². The Morgan fingerprint density at radius 3 is 1.73 bits per heavy atom. The number of carbonyl (C=O) groups is 1. The summed E-state index contributed by atoms with van der Waals surface area (Å²) in [6.07, 6.45) is -4.96. The maximum Gasteiger partial charge on any atom is 0.495 e. The summed E-state index contributed by atoms with van der Waals surface area (Å²) in [6, 6.07) is 0. The Labute approximate surface area is 84.5 Å². The Bertz CT molecular complexity index is 163. The highest BCUT2D eigenvalue weighted by molar-refractivity contribution is 9.96. The maximum atomic E-state index is 11.5. The molecule has 0 saturated heterocycles. The number of halogens is 6. The molecule has 0 amide bonds. The summed E-state index contributed by atoms with van der Waals surface area (Å²) in [7, 11) is 0. The molecular weight excluding hydrogens is 384 g/mol. The minimum absolute atomic E-state index is 2.24. The summed E-state index contributed by atoms with van der Waals surface area (Å²) in [4.78, 5) is 10.1. The van der Waals surface area contributed by atoms with E-state index in [1.807, 2.05) is 0 Å². The maximum absolute atomic E-state index is 11.5. The molecule has 0 fully saturated rings. The van der Waals surface area contributed by atoms with Gasteiger partial charge in [0.2, 0.25) is 46.5 Å². The predicted molar refractivity (Wildman–Crippen MR) is 45.8 cm³/mol. The van der Waals surface area contributed by atoms with E-state index < -0.39 is 15.7 Å². The molecule has 0 unspecified atom stereocenters. The molecule has 66 valence electrons. The van der Waals surface area contributed by atoms with Crippen LogP contribution >= 0.6 is 50.1 Å². The summed E-state index contributed by atoms with van der Waals surface area (Å²) in [6.45, 7) is 0. The summed E-state index contributed by atoms with van der Waals surface area (Å²) in [5.41, 5.74) is 0. The van der Waals surface area contributed by atoms with Gasteiger partial charge in [0.1, 0.15) is 0 Å². The van der Waals surface area contributed by atoms with Crippen molar-refractivity contribution >= 4 is 56.0 Å². The van der Waals surface area contributed by atoms with Crippen molar-refractivity contribution in [3.8, 4) is 0 Å². The third kappa shape index (κ3) is 6.31. The van der Waals surface area contributed by atoms with Gasteiger partial charge in [-0.15, -0.1) is 0 Å². The van der Waals surface area contributed by atoms with E-state index >= 15 is 0 Å². The van der Waals surface area contributed by atoms with E-state index in [9.17, 15) is 18.0 Å². The molecule has 11 heavy (non-hydrogen) atoms. The normalized spacial score (nSPS) is 12.9. The number of alkyl halides is 3. The average molecular weight is 384 g/mol. The van der Waals surface area contributed by atoms with Crippen molar-refractivity contribution in [1.29, 1.82) is 0 Å². The van der Waals surface area contributed by atoms with E-state index in [4.69, 9.17) is 0 Å². The summed E-state index contributed by atoms with van der Waals surface area (Å²) in [5.74, 6) is -2.24. The Hall–Kier alpha value is 1.13. The van der Waals surface area contributed by atoms with E-state index in [1.54, 1.807) is 0 Å². The third-order valence-corrected chi connectivity index (χ3v) is 2.09. The first-order valence-corrected chi connectivity index (χ1v) is 9.68. The predicted octanol–water partition coefficient (Wildman–Crippen LogP) is 3.95. The second-order valence-electron chi connectivity index (χ2n) is 1.28. The molecule has 0 aliphatic heterocycles. The van der Waals surface area contributed by atoms with Gasteiger partial charge in [0.15, 0.2) is 0 Å². The van der Waals surface area contributed by atoms with Crippen molar-refractivity contribution in [2.75, 3.05) is 0 Å². The second kappa shape index (κ2) is 3.89. The largest absolute Gasteiger partial charge is 0.495 e. The van der Waals surface area contributed by atoms with Crippen molar-refractivity contribution in [3.05, 3.63) is 0 Å². The van der Waals surface area contributed by atoms with Gasteiger partial charge in [-0.3, -0.25) is 4.52 Å². The lowest BCUT2D eigenvalue weighted by Crippen LogP contribution is -2.23. The van der Waals surface area contributed by atoms with Crippen molar-refractivity contribution in [3.63, 3.8) is 0 Å². The van der Waals surface area contributed by atoms with Crippen LogP contribution in [0.1, 0.15) is 0 Å². The molecule has 9 heteroatoms. The van der Waals surface area contributed by atoms with Gasteiger partial charge in [0.25, 0.3) is 0 Å². The molecule has 0 aliphatic rings. The van der Waals surface area contributed by atoms with E-state index in [1.165, 1.54) is 0 Å². The minimum atomic E-state index is -4.96. The van der Waals surface area contributed by atoms with Crippen LogP contribution in [0.3, 0.4) is 0 Å². The molecule has 0 aromatic rings. The van der Waals surface area contributed by atoms with Gasteiger partial charge in [0, 0.05) is 0 Å². The van der Waals surface area contributed by atoms with Crippen LogP contribution < -0.4 is 0 Å². The Balaban J connectivity index is 4.11. The topological polar surface area (TPSA) is 26.3 Å². The number of carbonyl (C=O) groups excluding carboxylic acids is 1. The number of rotatable bonds is 1. The van der Waals surface area contributed by atoms with E-state index in [0.717, 1.165) is 0 Å². The molecule has 0 spiro atoms. The lowest BCUT2D eigenvalue weighted by molar-refractivity contribution is -0.188. The SMILES string of the molecule is O=C(O[P+](Br)(Br)Br)C(F)(F)F. The molecule has 0 radical (unpaired) electrons. The number of hydrogen-bond donors (Lipinski definition) is 0. The van der Waals surface area contributed by atoms with Crippen LogP contribution in [0.4, 0.5) is 13.2 Å². The van der Waals surface area contributed by atoms with Crippen LogP contribution in [0.25, 0.3) is 0 Å². The van der Waals surface area contributed by atoms with Gasteiger partial charge in [0.05, 0.1) is 0 Å². The number of hydrogen-bond acceptors (Lipinski definition) is 2. The fourth-order valence-corrected chi connectivity index (χ4v) is 1.62. The van der Waals surface area contributed by atoms with Crippen LogP contribution in [0.15, 0.2) is 0 Å². The van der Waals surface area contributed by atoms with Crippen LogP contribution in [0.2, 0.25) is 0 Å². The van der Waals surface area contributed by atoms with Crippen molar-refractivity contribution in [1.82, 2.24) is 0 Å². The highest BCUT2D eigenvalue weighted by Crippen LogP contribution is 2.81. The van der Waals surface area contributed by atoms with Gasteiger partial charge in [-0.1, -0.05) is 0 Å².